The summed E-state index contributed by atoms with van der Waals surface area (Å²) in [5.74, 6) is 0.853. The zero-order chi connectivity index (χ0) is 12.6. The number of nitrogens with one attached hydrogen (secondary N) is 1. The summed E-state index contributed by atoms with van der Waals surface area (Å²) < 4.78 is 0. The normalized spacial score (nSPS) is 23.0. The molecular formula is C15H19Cl2N. The molecule has 0 radical (unpaired) electrons. The van der Waals surface area contributed by atoms with Gasteiger partial charge in [0, 0.05) is 28.5 Å². The molecule has 0 spiro atoms. The van der Waals surface area contributed by atoms with Gasteiger partial charge in [0.2, 0.25) is 0 Å². The lowest BCUT2D eigenvalue weighted by Crippen LogP contribution is -2.58. The molecule has 3 rings (SSSR count). The van der Waals surface area contributed by atoms with Gasteiger partial charge < -0.3 is 5.32 Å². The Labute approximate surface area is 119 Å². The first-order valence-corrected chi connectivity index (χ1v) is 7.60. The smallest absolute Gasteiger partial charge is 0.0453 e. The first-order valence-electron chi connectivity index (χ1n) is 6.85. The summed E-state index contributed by atoms with van der Waals surface area (Å²) in [5.41, 5.74) is 1.56. The maximum atomic E-state index is 6.32. The van der Waals surface area contributed by atoms with E-state index in [9.17, 15) is 0 Å². The van der Waals surface area contributed by atoms with Crippen molar-refractivity contribution < 1.29 is 0 Å². The summed E-state index contributed by atoms with van der Waals surface area (Å²) in [6.07, 6.45) is 6.57. The van der Waals surface area contributed by atoms with E-state index in [4.69, 9.17) is 23.2 Å². The monoisotopic (exact) mass is 283 g/mol. The first kappa shape index (κ1) is 12.8. The summed E-state index contributed by atoms with van der Waals surface area (Å²) >= 11 is 12.6. The molecule has 1 aromatic rings. The molecule has 1 aliphatic carbocycles. The first-order chi connectivity index (χ1) is 8.71. The van der Waals surface area contributed by atoms with Crippen LogP contribution in [0.25, 0.3) is 0 Å². The molecule has 98 valence electrons. The summed E-state index contributed by atoms with van der Waals surface area (Å²) in [4.78, 5) is 0. The van der Waals surface area contributed by atoms with Crippen molar-refractivity contribution in [1.29, 1.82) is 0 Å². The lowest BCUT2D eigenvalue weighted by atomic mass is 9.66. The molecule has 2 aliphatic rings. The maximum absolute atomic E-state index is 6.32. The highest BCUT2D eigenvalue weighted by atomic mass is 35.5. The minimum atomic E-state index is 0.408. The molecule has 0 aromatic heterocycles. The Hall–Kier alpha value is -0.240. The minimum absolute atomic E-state index is 0.408. The Morgan fingerprint density at radius 2 is 1.72 bits per heavy atom. The van der Waals surface area contributed by atoms with Crippen LogP contribution in [0.15, 0.2) is 18.2 Å². The van der Waals surface area contributed by atoms with Gasteiger partial charge in [-0.3, -0.25) is 0 Å². The predicted octanol–water partition coefficient (Wildman–Crippen LogP) is 4.32. The summed E-state index contributed by atoms with van der Waals surface area (Å²) in [6.45, 7) is 2.25. The van der Waals surface area contributed by atoms with Crippen LogP contribution >= 0.6 is 23.2 Å². The third-order valence-electron chi connectivity index (χ3n) is 4.77. The van der Waals surface area contributed by atoms with Crippen molar-refractivity contribution in [2.24, 2.45) is 11.3 Å². The average Bonchev–Trinajstić information content (AvgIpc) is 2.80. The van der Waals surface area contributed by atoms with Crippen LogP contribution < -0.4 is 5.32 Å². The predicted molar refractivity (Wildman–Crippen MR) is 77.4 cm³/mol. The fourth-order valence-electron chi connectivity index (χ4n) is 3.60. The van der Waals surface area contributed by atoms with Gasteiger partial charge in [0.1, 0.15) is 0 Å². The van der Waals surface area contributed by atoms with E-state index in [1.54, 1.807) is 0 Å². The molecule has 18 heavy (non-hydrogen) atoms. The van der Waals surface area contributed by atoms with Crippen LogP contribution in [0.4, 0.5) is 0 Å². The van der Waals surface area contributed by atoms with Crippen molar-refractivity contribution in [1.82, 2.24) is 5.32 Å². The fraction of sp³-hybridized carbons (Fsp3) is 0.600. The van der Waals surface area contributed by atoms with Gasteiger partial charge in [-0.15, -0.1) is 0 Å². The summed E-state index contributed by atoms with van der Waals surface area (Å²) in [6, 6.07) is 5.84. The highest BCUT2D eigenvalue weighted by Gasteiger charge is 2.45. The Bertz CT molecular complexity index is 414. The Morgan fingerprint density at radius 1 is 1.11 bits per heavy atom. The van der Waals surface area contributed by atoms with Crippen molar-refractivity contribution in [2.75, 3.05) is 13.1 Å². The van der Waals surface area contributed by atoms with E-state index in [1.165, 1.54) is 25.7 Å². The van der Waals surface area contributed by atoms with Crippen LogP contribution in [0.2, 0.25) is 10.0 Å². The SMILES string of the molecule is Clc1cccc(Cl)c1CC1(C2CCCC2)CNC1. The van der Waals surface area contributed by atoms with E-state index in [0.717, 1.165) is 41.0 Å². The van der Waals surface area contributed by atoms with Gasteiger partial charge >= 0.3 is 0 Å². The van der Waals surface area contributed by atoms with Crippen molar-refractivity contribution in [3.63, 3.8) is 0 Å². The van der Waals surface area contributed by atoms with Crippen LogP contribution in [0.1, 0.15) is 31.2 Å². The number of hydrogen-bond acceptors (Lipinski definition) is 1. The van der Waals surface area contributed by atoms with Crippen LogP contribution in [0.3, 0.4) is 0 Å². The Kier molecular flexibility index (Phi) is 3.57. The Balaban J connectivity index is 1.85. The molecule has 1 saturated carbocycles. The summed E-state index contributed by atoms with van der Waals surface area (Å²) in [5, 5.41) is 5.10. The molecule has 2 fully saturated rings. The van der Waals surface area contributed by atoms with Crippen molar-refractivity contribution in [2.45, 2.75) is 32.1 Å². The summed E-state index contributed by atoms with van der Waals surface area (Å²) in [7, 11) is 0. The lowest BCUT2D eigenvalue weighted by molar-refractivity contribution is 0.0812. The number of rotatable bonds is 3. The molecule has 0 atom stereocenters. The van der Waals surface area contributed by atoms with Crippen LogP contribution in [0.5, 0.6) is 0 Å². The Morgan fingerprint density at radius 3 is 2.22 bits per heavy atom. The molecule has 0 amide bonds. The molecule has 1 aliphatic heterocycles. The second-order valence-electron chi connectivity index (χ2n) is 5.82. The third kappa shape index (κ3) is 2.17. The van der Waals surface area contributed by atoms with Crippen molar-refractivity contribution in [3.8, 4) is 0 Å². The van der Waals surface area contributed by atoms with Gasteiger partial charge in [-0.25, -0.2) is 0 Å². The van der Waals surface area contributed by atoms with Crippen LogP contribution in [0, 0.1) is 11.3 Å². The maximum Gasteiger partial charge on any atom is 0.0453 e. The molecule has 1 N–H and O–H groups in total. The molecule has 0 bridgehead atoms. The van der Waals surface area contributed by atoms with E-state index < -0.39 is 0 Å². The van der Waals surface area contributed by atoms with E-state index in [1.807, 2.05) is 18.2 Å². The van der Waals surface area contributed by atoms with Gasteiger partial charge in [0.15, 0.2) is 0 Å². The molecule has 3 heteroatoms. The van der Waals surface area contributed by atoms with E-state index >= 15 is 0 Å². The molecule has 0 unspecified atom stereocenters. The van der Waals surface area contributed by atoms with E-state index in [-0.39, 0.29) is 0 Å². The minimum Gasteiger partial charge on any atom is -0.315 e. The van der Waals surface area contributed by atoms with Gasteiger partial charge in [-0.1, -0.05) is 42.1 Å². The fourth-order valence-corrected chi connectivity index (χ4v) is 4.13. The molecule has 1 saturated heterocycles. The van der Waals surface area contributed by atoms with Gasteiger partial charge in [0.25, 0.3) is 0 Å². The number of halogens is 2. The quantitative estimate of drug-likeness (QED) is 0.871. The second-order valence-corrected chi connectivity index (χ2v) is 6.64. The second kappa shape index (κ2) is 5.03. The van der Waals surface area contributed by atoms with Crippen molar-refractivity contribution >= 4 is 23.2 Å². The molecule has 1 aromatic carbocycles. The highest BCUT2D eigenvalue weighted by Crippen LogP contribution is 2.46. The molecular weight excluding hydrogens is 265 g/mol. The van der Waals surface area contributed by atoms with Gasteiger partial charge in [-0.05, 0) is 42.9 Å². The van der Waals surface area contributed by atoms with Crippen LogP contribution in [-0.4, -0.2) is 13.1 Å². The molecule has 1 nitrogen and oxygen atoms in total. The average molecular weight is 284 g/mol. The van der Waals surface area contributed by atoms with E-state index in [0.29, 0.717) is 5.41 Å². The third-order valence-corrected chi connectivity index (χ3v) is 5.47. The van der Waals surface area contributed by atoms with Gasteiger partial charge in [0.05, 0.1) is 0 Å². The largest absolute Gasteiger partial charge is 0.315 e. The van der Waals surface area contributed by atoms with E-state index in [2.05, 4.69) is 5.32 Å². The zero-order valence-electron chi connectivity index (χ0n) is 10.5. The van der Waals surface area contributed by atoms with Crippen LogP contribution in [-0.2, 0) is 6.42 Å². The number of benzene rings is 1. The lowest BCUT2D eigenvalue weighted by Gasteiger charge is -2.48. The van der Waals surface area contributed by atoms with Gasteiger partial charge in [-0.2, -0.15) is 0 Å². The zero-order valence-corrected chi connectivity index (χ0v) is 12.0. The topological polar surface area (TPSA) is 12.0 Å². The number of hydrogen-bond donors (Lipinski definition) is 1. The highest BCUT2D eigenvalue weighted by molar-refractivity contribution is 6.36. The standard InChI is InChI=1S/C15H19Cl2N/c16-13-6-3-7-14(17)12(13)8-15(9-18-10-15)11-4-1-2-5-11/h3,6-7,11,18H,1-2,4-5,8-10H2. The van der Waals surface area contributed by atoms with Crippen molar-refractivity contribution in [3.05, 3.63) is 33.8 Å². The molecule has 1 heterocycles.